The topological polar surface area (TPSA) is 65.3 Å². The van der Waals surface area contributed by atoms with E-state index in [1.807, 2.05) is 0 Å². The van der Waals surface area contributed by atoms with Gasteiger partial charge in [0.1, 0.15) is 0 Å². The second kappa shape index (κ2) is 2.44. The van der Waals surface area contributed by atoms with Gasteiger partial charge in [-0.1, -0.05) is 0 Å². The van der Waals surface area contributed by atoms with Crippen molar-refractivity contribution in [2.24, 2.45) is 10.2 Å². The molecule has 0 fully saturated rings. The lowest BCUT2D eigenvalue weighted by molar-refractivity contribution is 0.153. The van der Waals surface area contributed by atoms with Crippen LogP contribution in [0.15, 0.2) is 33.8 Å². The van der Waals surface area contributed by atoms with E-state index in [4.69, 9.17) is 5.11 Å². The highest BCUT2D eigenvalue weighted by Crippen LogP contribution is 2.23. The Morgan fingerprint density at radius 1 is 1.67 bits per heavy atom. The number of hydrogen-bond acceptors (Lipinski definition) is 3. The summed E-state index contributed by atoms with van der Waals surface area (Å²) in [5, 5.41) is 16.2. The number of azo groups is 1. The summed E-state index contributed by atoms with van der Waals surface area (Å²) in [6, 6.07) is 0. The number of rotatable bonds is 0. The first-order valence-electron chi connectivity index (χ1n) is 3.55. The van der Waals surface area contributed by atoms with Gasteiger partial charge in [-0.25, -0.2) is 4.79 Å². The number of nitrogens with zero attached hydrogens (tertiary/aromatic N) is 3. The minimum Gasteiger partial charge on any atom is -0.465 e. The van der Waals surface area contributed by atoms with Crippen LogP contribution in [0.5, 0.6) is 0 Å². The summed E-state index contributed by atoms with van der Waals surface area (Å²) in [4.78, 5) is 11.9. The predicted octanol–water partition coefficient (Wildman–Crippen LogP) is 1.21. The van der Waals surface area contributed by atoms with Crippen molar-refractivity contribution in [3.8, 4) is 0 Å². The number of carbonyl (C=O) groups is 1. The van der Waals surface area contributed by atoms with E-state index in [2.05, 4.69) is 10.2 Å². The Bertz CT molecular complexity index is 317. The molecule has 0 aliphatic carbocycles. The van der Waals surface area contributed by atoms with Crippen LogP contribution >= 0.6 is 0 Å². The van der Waals surface area contributed by atoms with Crippen LogP contribution in [0.4, 0.5) is 4.79 Å². The third-order valence-electron chi connectivity index (χ3n) is 1.84. The van der Waals surface area contributed by atoms with Gasteiger partial charge >= 0.3 is 6.09 Å². The van der Waals surface area contributed by atoms with Crippen LogP contribution in [-0.4, -0.2) is 29.2 Å². The summed E-state index contributed by atoms with van der Waals surface area (Å²) >= 11 is 0. The van der Waals surface area contributed by atoms with Crippen LogP contribution in [0, 0.1) is 0 Å². The van der Waals surface area contributed by atoms with E-state index in [-0.39, 0.29) is 0 Å². The fourth-order valence-corrected chi connectivity index (χ4v) is 1.20. The first kappa shape index (κ1) is 7.02. The zero-order chi connectivity index (χ0) is 8.55. The summed E-state index contributed by atoms with van der Waals surface area (Å²) in [5.41, 5.74) is 1.69. The molecular formula is C7H7N3O2. The molecule has 0 saturated carbocycles. The Hall–Kier alpha value is -1.65. The molecule has 0 saturated heterocycles. The highest BCUT2D eigenvalue weighted by molar-refractivity contribution is 5.66. The molecule has 0 aromatic carbocycles. The SMILES string of the molecule is O=C(O)N1CC=C2N=NC=C2C1. The summed E-state index contributed by atoms with van der Waals surface area (Å²) in [6.45, 7) is 0.801. The summed E-state index contributed by atoms with van der Waals surface area (Å²) < 4.78 is 0. The average Bonchev–Trinajstić information content (AvgIpc) is 2.49. The molecule has 2 heterocycles. The van der Waals surface area contributed by atoms with E-state index in [1.54, 1.807) is 12.3 Å². The molecule has 5 heteroatoms. The Balaban J connectivity index is 2.21. The molecule has 62 valence electrons. The molecule has 0 aromatic heterocycles. The second-order valence-corrected chi connectivity index (χ2v) is 2.62. The predicted molar refractivity (Wildman–Crippen MR) is 40.6 cm³/mol. The lowest BCUT2D eigenvalue weighted by Gasteiger charge is -2.21. The fourth-order valence-electron chi connectivity index (χ4n) is 1.20. The van der Waals surface area contributed by atoms with Crippen LogP contribution in [0.1, 0.15) is 0 Å². The minimum absolute atomic E-state index is 0.397. The number of hydrogen-bond donors (Lipinski definition) is 1. The number of amides is 1. The van der Waals surface area contributed by atoms with E-state index in [1.165, 1.54) is 4.90 Å². The lowest BCUT2D eigenvalue weighted by atomic mass is 10.1. The number of fused-ring (bicyclic) bond motifs is 1. The quantitative estimate of drug-likeness (QED) is 0.586. The molecule has 0 atom stereocenters. The maximum Gasteiger partial charge on any atom is 0.407 e. The van der Waals surface area contributed by atoms with Crippen molar-refractivity contribution in [3.05, 3.63) is 23.5 Å². The van der Waals surface area contributed by atoms with E-state index >= 15 is 0 Å². The molecule has 2 rings (SSSR count). The maximum absolute atomic E-state index is 10.6. The normalized spacial score (nSPS) is 20.2. The van der Waals surface area contributed by atoms with Gasteiger partial charge in [0, 0.05) is 12.1 Å². The first-order valence-corrected chi connectivity index (χ1v) is 3.55. The smallest absolute Gasteiger partial charge is 0.407 e. The van der Waals surface area contributed by atoms with Gasteiger partial charge in [0.25, 0.3) is 0 Å². The van der Waals surface area contributed by atoms with Crippen LogP contribution < -0.4 is 0 Å². The molecular weight excluding hydrogens is 158 g/mol. The highest BCUT2D eigenvalue weighted by atomic mass is 16.4. The second-order valence-electron chi connectivity index (χ2n) is 2.62. The van der Waals surface area contributed by atoms with Crippen molar-refractivity contribution in [3.63, 3.8) is 0 Å². The van der Waals surface area contributed by atoms with Gasteiger partial charge in [0.2, 0.25) is 0 Å². The molecule has 0 bridgehead atoms. The molecule has 1 amide bonds. The van der Waals surface area contributed by atoms with Crippen LogP contribution in [0.3, 0.4) is 0 Å². The van der Waals surface area contributed by atoms with Crippen LogP contribution in [0.25, 0.3) is 0 Å². The van der Waals surface area contributed by atoms with Crippen molar-refractivity contribution >= 4 is 6.09 Å². The van der Waals surface area contributed by atoms with Crippen LogP contribution in [0.2, 0.25) is 0 Å². The van der Waals surface area contributed by atoms with Crippen molar-refractivity contribution < 1.29 is 9.90 Å². The molecule has 0 spiro atoms. The molecule has 0 aromatic rings. The molecule has 1 N–H and O–H groups in total. The van der Waals surface area contributed by atoms with Gasteiger partial charge < -0.3 is 10.0 Å². The first-order chi connectivity index (χ1) is 5.77. The van der Waals surface area contributed by atoms with Crippen molar-refractivity contribution in [1.29, 1.82) is 0 Å². The standard InChI is InChI=1S/C7H7N3O2/c11-7(12)10-2-1-6-5(4-10)3-8-9-6/h1,3H,2,4H2,(H,11,12). The van der Waals surface area contributed by atoms with Gasteiger partial charge in [-0.2, -0.15) is 10.2 Å². The molecule has 12 heavy (non-hydrogen) atoms. The minimum atomic E-state index is -0.905. The molecule has 5 nitrogen and oxygen atoms in total. The molecule has 2 aliphatic heterocycles. The zero-order valence-electron chi connectivity index (χ0n) is 6.27. The van der Waals surface area contributed by atoms with Crippen LogP contribution in [-0.2, 0) is 0 Å². The van der Waals surface area contributed by atoms with Crippen molar-refractivity contribution in [2.45, 2.75) is 0 Å². The molecule has 2 aliphatic rings. The summed E-state index contributed by atoms with van der Waals surface area (Å²) in [6.07, 6.45) is 2.46. The number of carboxylic acid groups (broad SMARTS) is 1. The zero-order valence-corrected chi connectivity index (χ0v) is 6.27. The van der Waals surface area contributed by atoms with Gasteiger partial charge in [-0.15, -0.1) is 0 Å². The van der Waals surface area contributed by atoms with E-state index in [9.17, 15) is 4.79 Å². The maximum atomic E-state index is 10.6. The third kappa shape index (κ3) is 0.990. The Labute approximate surface area is 68.7 Å². The summed E-state index contributed by atoms with van der Waals surface area (Å²) in [7, 11) is 0. The third-order valence-corrected chi connectivity index (χ3v) is 1.84. The van der Waals surface area contributed by atoms with E-state index in [0.29, 0.717) is 13.1 Å². The van der Waals surface area contributed by atoms with Gasteiger partial charge in [0.05, 0.1) is 18.4 Å². The highest BCUT2D eigenvalue weighted by Gasteiger charge is 2.21. The Morgan fingerprint density at radius 2 is 2.50 bits per heavy atom. The van der Waals surface area contributed by atoms with E-state index in [0.717, 1.165) is 11.3 Å². The van der Waals surface area contributed by atoms with Gasteiger partial charge in [0.15, 0.2) is 0 Å². The monoisotopic (exact) mass is 165 g/mol. The summed E-state index contributed by atoms with van der Waals surface area (Å²) in [5.74, 6) is 0. The largest absolute Gasteiger partial charge is 0.465 e. The Morgan fingerprint density at radius 3 is 3.25 bits per heavy atom. The van der Waals surface area contributed by atoms with E-state index < -0.39 is 6.09 Å². The molecule has 0 unspecified atom stereocenters. The van der Waals surface area contributed by atoms with Crippen molar-refractivity contribution in [1.82, 2.24) is 4.90 Å². The average molecular weight is 165 g/mol. The van der Waals surface area contributed by atoms with Gasteiger partial charge in [-0.05, 0) is 6.08 Å². The van der Waals surface area contributed by atoms with Crippen molar-refractivity contribution in [2.75, 3.05) is 13.1 Å². The Kier molecular flexibility index (Phi) is 1.43. The fraction of sp³-hybridized carbons (Fsp3) is 0.286. The van der Waals surface area contributed by atoms with Gasteiger partial charge in [-0.3, -0.25) is 0 Å². The molecule has 0 radical (unpaired) electrons. The lowest BCUT2D eigenvalue weighted by Crippen LogP contribution is -2.34.